The first-order chi connectivity index (χ1) is 17.2. The minimum atomic E-state index is 0.0618. The molecule has 180 valence electrons. The average Bonchev–Trinajstić information content (AvgIpc) is 3.35. The number of hydrogen-bond acceptors (Lipinski definition) is 5. The minimum absolute atomic E-state index is 0.0618. The third kappa shape index (κ3) is 6.67. The summed E-state index contributed by atoms with van der Waals surface area (Å²) >= 11 is 1.59. The lowest BCUT2D eigenvalue weighted by molar-refractivity contribution is -0.120. The van der Waals surface area contributed by atoms with E-state index in [9.17, 15) is 4.79 Å². The van der Waals surface area contributed by atoms with Crippen molar-refractivity contribution in [3.63, 3.8) is 0 Å². The van der Waals surface area contributed by atoms with Crippen LogP contribution in [0.4, 0.5) is 0 Å². The summed E-state index contributed by atoms with van der Waals surface area (Å²) in [6.07, 6.45) is 1.23. The molecule has 35 heavy (non-hydrogen) atoms. The summed E-state index contributed by atoms with van der Waals surface area (Å²) in [5, 5.41) is 3.81. The summed E-state index contributed by atoms with van der Waals surface area (Å²) in [7, 11) is 3.31. The molecule has 0 aliphatic heterocycles. The zero-order chi connectivity index (χ0) is 24.5. The van der Waals surface area contributed by atoms with Gasteiger partial charge in [-0.3, -0.25) is 4.79 Å². The van der Waals surface area contributed by atoms with Gasteiger partial charge in [-0.15, -0.1) is 0 Å². The summed E-state index contributed by atoms with van der Waals surface area (Å²) in [5.74, 6) is 2.38. The largest absolute Gasteiger partial charge is 0.497 e. The number of methoxy groups -OCH3 is 2. The van der Waals surface area contributed by atoms with E-state index in [4.69, 9.17) is 14.5 Å². The number of aromatic amines is 1. The fraction of sp³-hybridized carbons (Fsp3) is 0.214. The number of imidazole rings is 1. The first-order valence-corrected chi connectivity index (χ1v) is 12.5. The minimum Gasteiger partial charge on any atom is -0.497 e. The molecule has 0 unspecified atom stereocenters. The lowest BCUT2D eigenvalue weighted by atomic mass is 10.0. The van der Waals surface area contributed by atoms with Crippen LogP contribution >= 0.6 is 11.8 Å². The second-order valence-electron chi connectivity index (χ2n) is 7.91. The molecule has 2 N–H and O–H groups in total. The third-order valence-electron chi connectivity index (χ3n) is 5.57. The molecule has 0 fully saturated rings. The van der Waals surface area contributed by atoms with Crippen molar-refractivity contribution in [2.45, 2.75) is 18.0 Å². The number of aryl methyl sites for hydroxylation is 1. The van der Waals surface area contributed by atoms with E-state index in [-0.39, 0.29) is 5.91 Å². The van der Waals surface area contributed by atoms with Gasteiger partial charge in [0.05, 0.1) is 25.6 Å². The zero-order valence-electron chi connectivity index (χ0n) is 19.9. The van der Waals surface area contributed by atoms with E-state index < -0.39 is 0 Å². The van der Waals surface area contributed by atoms with Crippen LogP contribution in [0.3, 0.4) is 0 Å². The van der Waals surface area contributed by atoms with E-state index in [1.165, 1.54) is 5.56 Å². The van der Waals surface area contributed by atoms with Crippen LogP contribution in [0.1, 0.15) is 12.0 Å². The van der Waals surface area contributed by atoms with Crippen molar-refractivity contribution in [3.8, 4) is 34.0 Å². The van der Waals surface area contributed by atoms with Crippen LogP contribution in [0.5, 0.6) is 11.5 Å². The molecule has 0 atom stereocenters. The van der Waals surface area contributed by atoms with E-state index in [1.807, 2.05) is 78.9 Å². The Balaban J connectivity index is 1.40. The number of amides is 1. The Morgan fingerprint density at radius 3 is 2.14 bits per heavy atom. The predicted molar refractivity (Wildman–Crippen MR) is 141 cm³/mol. The van der Waals surface area contributed by atoms with Crippen molar-refractivity contribution in [3.05, 3.63) is 84.4 Å². The van der Waals surface area contributed by atoms with Crippen molar-refractivity contribution >= 4 is 17.7 Å². The van der Waals surface area contributed by atoms with Gasteiger partial charge in [0.2, 0.25) is 5.91 Å². The summed E-state index contributed by atoms with van der Waals surface area (Å²) < 4.78 is 10.6. The molecular weight excluding hydrogens is 458 g/mol. The average molecular weight is 488 g/mol. The standard InChI is InChI=1S/C28H29N3O3S/c1-33-23-13-9-21(10-14-23)26-27(22-11-15-24(34-2)16-12-22)31-28(30-26)35-19-18-29-25(32)17-8-20-6-4-3-5-7-20/h3-7,9-16H,8,17-19H2,1-2H3,(H,29,32)(H,30,31). The lowest BCUT2D eigenvalue weighted by Gasteiger charge is -2.06. The molecule has 4 aromatic rings. The molecule has 0 aliphatic carbocycles. The van der Waals surface area contributed by atoms with Crippen molar-refractivity contribution in [2.75, 3.05) is 26.5 Å². The smallest absolute Gasteiger partial charge is 0.220 e. The molecule has 0 saturated carbocycles. The number of nitrogens with zero attached hydrogens (tertiary/aromatic N) is 1. The van der Waals surface area contributed by atoms with Crippen LogP contribution < -0.4 is 14.8 Å². The molecule has 1 heterocycles. The van der Waals surface area contributed by atoms with E-state index in [0.29, 0.717) is 18.7 Å². The van der Waals surface area contributed by atoms with Gasteiger partial charge in [-0.25, -0.2) is 4.98 Å². The van der Waals surface area contributed by atoms with Gasteiger partial charge in [0.1, 0.15) is 11.5 Å². The number of nitrogens with one attached hydrogen (secondary N) is 2. The maximum Gasteiger partial charge on any atom is 0.220 e. The number of thioether (sulfide) groups is 1. The van der Waals surface area contributed by atoms with E-state index in [2.05, 4.69) is 10.3 Å². The molecular formula is C28H29N3O3S. The highest BCUT2D eigenvalue weighted by Crippen LogP contribution is 2.34. The van der Waals surface area contributed by atoms with Crippen LogP contribution in [0, 0.1) is 0 Å². The van der Waals surface area contributed by atoms with E-state index in [1.54, 1.807) is 26.0 Å². The summed E-state index contributed by atoms with van der Waals surface area (Å²) in [6.45, 7) is 0.578. The first kappa shape index (κ1) is 24.4. The number of ether oxygens (including phenoxy) is 2. The summed E-state index contributed by atoms with van der Waals surface area (Å²) in [5.41, 5.74) is 4.99. The Kier molecular flexibility index (Phi) is 8.46. The van der Waals surface area contributed by atoms with Gasteiger partial charge in [-0.05, 0) is 60.5 Å². The number of carbonyl (C=O) groups is 1. The fourth-order valence-corrected chi connectivity index (χ4v) is 4.40. The highest BCUT2D eigenvalue weighted by atomic mass is 32.2. The normalized spacial score (nSPS) is 10.7. The topological polar surface area (TPSA) is 76.2 Å². The molecule has 7 heteroatoms. The zero-order valence-corrected chi connectivity index (χ0v) is 20.7. The van der Waals surface area contributed by atoms with Gasteiger partial charge >= 0.3 is 0 Å². The Morgan fingerprint density at radius 2 is 1.51 bits per heavy atom. The summed E-state index contributed by atoms with van der Waals surface area (Å²) in [4.78, 5) is 20.5. The first-order valence-electron chi connectivity index (χ1n) is 11.5. The molecule has 1 aromatic heterocycles. The van der Waals surface area contributed by atoms with Gasteiger partial charge in [0, 0.05) is 29.8 Å². The second-order valence-corrected chi connectivity index (χ2v) is 8.99. The number of rotatable bonds is 11. The monoisotopic (exact) mass is 487 g/mol. The van der Waals surface area contributed by atoms with Gasteiger partial charge in [-0.1, -0.05) is 42.1 Å². The van der Waals surface area contributed by atoms with E-state index in [0.717, 1.165) is 45.6 Å². The quantitative estimate of drug-likeness (QED) is 0.213. The molecule has 0 spiro atoms. The number of hydrogen-bond donors (Lipinski definition) is 2. The molecule has 0 bridgehead atoms. The van der Waals surface area contributed by atoms with Crippen molar-refractivity contribution in [1.29, 1.82) is 0 Å². The maximum absolute atomic E-state index is 12.2. The number of carbonyl (C=O) groups excluding carboxylic acids is 1. The second kappa shape index (κ2) is 12.1. The van der Waals surface area contributed by atoms with Crippen LogP contribution in [-0.4, -0.2) is 42.4 Å². The Morgan fingerprint density at radius 1 is 0.886 bits per heavy atom. The molecule has 0 aliphatic rings. The van der Waals surface area contributed by atoms with Crippen LogP contribution in [0.15, 0.2) is 84.0 Å². The Labute approximate surface area is 210 Å². The molecule has 6 nitrogen and oxygen atoms in total. The van der Waals surface area contributed by atoms with Gasteiger partial charge in [-0.2, -0.15) is 0 Å². The molecule has 0 radical (unpaired) electrons. The highest BCUT2D eigenvalue weighted by Gasteiger charge is 2.15. The molecule has 0 saturated heterocycles. The third-order valence-corrected chi connectivity index (χ3v) is 6.45. The highest BCUT2D eigenvalue weighted by molar-refractivity contribution is 7.99. The Hall–Kier alpha value is -3.71. The van der Waals surface area contributed by atoms with Gasteiger partial charge in [0.15, 0.2) is 5.16 Å². The Bertz CT molecular complexity index is 1160. The molecule has 1 amide bonds. The summed E-state index contributed by atoms with van der Waals surface area (Å²) in [6, 6.07) is 25.8. The number of benzene rings is 3. The van der Waals surface area contributed by atoms with Crippen molar-refractivity contribution in [1.82, 2.24) is 15.3 Å². The van der Waals surface area contributed by atoms with Crippen molar-refractivity contribution < 1.29 is 14.3 Å². The molecule has 4 rings (SSSR count). The van der Waals surface area contributed by atoms with E-state index >= 15 is 0 Å². The van der Waals surface area contributed by atoms with Crippen LogP contribution in [0.25, 0.3) is 22.5 Å². The predicted octanol–water partition coefficient (Wildman–Crippen LogP) is 5.60. The van der Waals surface area contributed by atoms with Gasteiger partial charge < -0.3 is 19.8 Å². The number of aromatic nitrogens is 2. The fourth-order valence-electron chi connectivity index (χ4n) is 3.67. The van der Waals surface area contributed by atoms with Crippen molar-refractivity contribution in [2.24, 2.45) is 0 Å². The van der Waals surface area contributed by atoms with Gasteiger partial charge in [0.25, 0.3) is 0 Å². The number of H-pyrrole nitrogens is 1. The lowest BCUT2D eigenvalue weighted by Crippen LogP contribution is -2.25. The molecule has 3 aromatic carbocycles. The maximum atomic E-state index is 12.2. The van der Waals surface area contributed by atoms with Crippen LogP contribution in [0.2, 0.25) is 0 Å². The van der Waals surface area contributed by atoms with Crippen LogP contribution in [-0.2, 0) is 11.2 Å². The SMILES string of the molecule is COc1ccc(-c2nc(SCCNC(=O)CCc3ccccc3)[nH]c2-c2ccc(OC)cc2)cc1.